The zero-order chi connectivity index (χ0) is 17.4. The Morgan fingerprint density at radius 3 is 2.42 bits per heavy atom. The number of hydrogen-bond donors (Lipinski definition) is 3. The molecular weight excluding hydrogens is 324 g/mol. The van der Waals surface area contributed by atoms with Crippen molar-refractivity contribution >= 4 is 29.4 Å². The third kappa shape index (κ3) is 5.00. The normalized spacial score (nSPS) is 10.1. The molecule has 0 aliphatic heterocycles. The number of halogens is 1. The van der Waals surface area contributed by atoms with Crippen molar-refractivity contribution in [3.63, 3.8) is 0 Å². The molecule has 24 heavy (non-hydrogen) atoms. The van der Waals surface area contributed by atoms with Crippen LogP contribution >= 0.6 is 11.6 Å². The highest BCUT2D eigenvalue weighted by Crippen LogP contribution is 2.19. The van der Waals surface area contributed by atoms with Crippen molar-refractivity contribution in [2.24, 2.45) is 0 Å². The Kier molecular flexibility index (Phi) is 6.64. The maximum Gasteiger partial charge on any atom is 0.230 e. The van der Waals surface area contributed by atoms with Crippen molar-refractivity contribution in [3.8, 4) is 12.3 Å². The first-order valence-corrected chi connectivity index (χ1v) is 8.17. The van der Waals surface area contributed by atoms with E-state index in [1.165, 1.54) is 0 Å². The molecule has 6 nitrogen and oxygen atoms in total. The van der Waals surface area contributed by atoms with Crippen LogP contribution in [0.3, 0.4) is 0 Å². The molecule has 0 aliphatic rings. The van der Waals surface area contributed by atoms with E-state index in [-0.39, 0.29) is 0 Å². The molecule has 2 rings (SSSR count). The first-order chi connectivity index (χ1) is 11.6. The Balaban J connectivity index is 2.15. The van der Waals surface area contributed by atoms with Crippen molar-refractivity contribution in [2.75, 3.05) is 29.0 Å². The molecule has 0 amide bonds. The SMILES string of the molecule is C#CCNc1nc(NCCC)nc(NCc2cccc(Cl)c2C)n1. The van der Waals surface area contributed by atoms with Gasteiger partial charge >= 0.3 is 0 Å². The molecule has 0 spiro atoms. The fraction of sp³-hybridized carbons (Fsp3) is 0.353. The van der Waals surface area contributed by atoms with Gasteiger partial charge in [0.05, 0.1) is 6.54 Å². The number of anilines is 3. The minimum absolute atomic E-state index is 0.351. The minimum Gasteiger partial charge on any atom is -0.354 e. The second-order valence-corrected chi connectivity index (χ2v) is 5.58. The van der Waals surface area contributed by atoms with Gasteiger partial charge in [0.1, 0.15) is 0 Å². The summed E-state index contributed by atoms with van der Waals surface area (Å²) in [7, 11) is 0. The van der Waals surface area contributed by atoms with Gasteiger partial charge in [-0.1, -0.05) is 36.6 Å². The Bertz CT molecular complexity index is 726. The number of rotatable bonds is 8. The van der Waals surface area contributed by atoms with E-state index in [1.807, 2.05) is 25.1 Å². The summed E-state index contributed by atoms with van der Waals surface area (Å²) in [5.41, 5.74) is 2.12. The molecule has 0 atom stereocenters. The van der Waals surface area contributed by atoms with Gasteiger partial charge in [0.15, 0.2) is 0 Å². The molecular formula is C17H21ClN6. The molecule has 0 saturated carbocycles. The molecule has 1 heterocycles. The van der Waals surface area contributed by atoms with E-state index in [1.54, 1.807) is 0 Å². The van der Waals surface area contributed by atoms with Crippen LogP contribution in [0, 0.1) is 19.3 Å². The van der Waals surface area contributed by atoms with Crippen LogP contribution in [0.25, 0.3) is 0 Å². The summed E-state index contributed by atoms with van der Waals surface area (Å²) in [5.74, 6) is 3.93. The summed E-state index contributed by atoms with van der Waals surface area (Å²) in [6.45, 7) is 5.77. The molecule has 0 radical (unpaired) electrons. The van der Waals surface area contributed by atoms with E-state index in [2.05, 4.69) is 43.7 Å². The summed E-state index contributed by atoms with van der Waals surface area (Å²) in [4.78, 5) is 13.0. The summed E-state index contributed by atoms with van der Waals surface area (Å²) in [5, 5.41) is 10.1. The average Bonchev–Trinajstić information content (AvgIpc) is 2.59. The van der Waals surface area contributed by atoms with Crippen LogP contribution in [0.4, 0.5) is 17.8 Å². The third-order valence-corrected chi connectivity index (χ3v) is 3.74. The van der Waals surface area contributed by atoms with Gasteiger partial charge in [-0.25, -0.2) is 0 Å². The first kappa shape index (κ1) is 17.8. The lowest BCUT2D eigenvalue weighted by Gasteiger charge is -2.11. The standard InChI is InChI=1S/C17H21ClN6/c1-4-9-19-15-22-16(20-10-5-2)24-17(23-15)21-11-13-7-6-8-14(18)12(13)3/h1,6-8H,5,9-11H2,2-3H3,(H3,19,20,21,22,23,24). The lowest BCUT2D eigenvalue weighted by molar-refractivity contribution is 0.931. The maximum atomic E-state index is 6.15. The number of nitrogens with zero attached hydrogens (tertiary/aromatic N) is 3. The fourth-order valence-electron chi connectivity index (χ4n) is 2.00. The predicted octanol–water partition coefficient (Wildman–Crippen LogP) is 3.31. The Hall–Kier alpha value is -2.52. The van der Waals surface area contributed by atoms with Crippen molar-refractivity contribution in [3.05, 3.63) is 34.3 Å². The van der Waals surface area contributed by atoms with E-state index >= 15 is 0 Å². The van der Waals surface area contributed by atoms with Crippen molar-refractivity contribution in [1.29, 1.82) is 0 Å². The first-order valence-electron chi connectivity index (χ1n) is 7.79. The molecule has 7 heteroatoms. The highest BCUT2D eigenvalue weighted by atomic mass is 35.5. The van der Waals surface area contributed by atoms with Gasteiger partial charge in [-0.3, -0.25) is 0 Å². The average molecular weight is 345 g/mol. The number of aromatic nitrogens is 3. The molecule has 126 valence electrons. The zero-order valence-electron chi connectivity index (χ0n) is 13.9. The van der Waals surface area contributed by atoms with E-state index in [9.17, 15) is 0 Å². The molecule has 0 aliphatic carbocycles. The van der Waals surface area contributed by atoms with Crippen molar-refractivity contribution in [2.45, 2.75) is 26.8 Å². The Morgan fingerprint density at radius 1 is 1.08 bits per heavy atom. The Labute approximate surface area is 147 Å². The molecule has 2 aromatic rings. The van der Waals surface area contributed by atoms with E-state index in [0.717, 1.165) is 29.1 Å². The quantitative estimate of drug-likeness (QED) is 0.638. The fourth-order valence-corrected chi connectivity index (χ4v) is 2.19. The topological polar surface area (TPSA) is 74.8 Å². The number of benzene rings is 1. The molecule has 0 bridgehead atoms. The van der Waals surface area contributed by atoms with Gasteiger partial charge in [0.25, 0.3) is 0 Å². The monoisotopic (exact) mass is 344 g/mol. The summed E-state index contributed by atoms with van der Waals surface area (Å²) >= 11 is 6.15. The van der Waals surface area contributed by atoms with Gasteiger partial charge < -0.3 is 16.0 Å². The third-order valence-electron chi connectivity index (χ3n) is 3.33. The van der Waals surface area contributed by atoms with Crippen LogP contribution in [0.2, 0.25) is 5.02 Å². The lowest BCUT2D eigenvalue weighted by Crippen LogP contribution is -2.13. The molecule has 1 aromatic carbocycles. The second kappa shape index (κ2) is 8.94. The number of hydrogen-bond acceptors (Lipinski definition) is 6. The Morgan fingerprint density at radius 2 is 1.75 bits per heavy atom. The maximum absolute atomic E-state index is 6.15. The van der Waals surface area contributed by atoms with Crippen LogP contribution < -0.4 is 16.0 Å². The van der Waals surface area contributed by atoms with Crippen LogP contribution in [-0.2, 0) is 6.54 Å². The van der Waals surface area contributed by atoms with E-state index in [0.29, 0.717) is 30.9 Å². The van der Waals surface area contributed by atoms with Gasteiger partial charge in [0.2, 0.25) is 17.8 Å². The van der Waals surface area contributed by atoms with Gasteiger partial charge in [-0.05, 0) is 30.5 Å². The largest absolute Gasteiger partial charge is 0.354 e. The zero-order valence-corrected chi connectivity index (χ0v) is 14.6. The predicted molar refractivity (Wildman–Crippen MR) is 99.4 cm³/mol. The van der Waals surface area contributed by atoms with Crippen LogP contribution in [0.15, 0.2) is 18.2 Å². The molecule has 3 N–H and O–H groups in total. The highest BCUT2D eigenvalue weighted by Gasteiger charge is 2.07. The molecule has 1 aromatic heterocycles. The van der Waals surface area contributed by atoms with Crippen molar-refractivity contribution < 1.29 is 0 Å². The second-order valence-electron chi connectivity index (χ2n) is 5.17. The summed E-state index contributed by atoms with van der Waals surface area (Å²) in [6.07, 6.45) is 6.25. The lowest BCUT2D eigenvalue weighted by atomic mass is 10.1. The smallest absolute Gasteiger partial charge is 0.230 e. The van der Waals surface area contributed by atoms with Crippen molar-refractivity contribution in [1.82, 2.24) is 15.0 Å². The van der Waals surface area contributed by atoms with Gasteiger partial charge in [0, 0.05) is 18.1 Å². The highest BCUT2D eigenvalue weighted by molar-refractivity contribution is 6.31. The molecule has 0 unspecified atom stereocenters. The van der Waals surface area contributed by atoms with E-state index < -0.39 is 0 Å². The van der Waals surface area contributed by atoms with Crippen LogP contribution in [0.5, 0.6) is 0 Å². The molecule has 0 saturated heterocycles. The summed E-state index contributed by atoms with van der Waals surface area (Å²) < 4.78 is 0. The van der Waals surface area contributed by atoms with Gasteiger partial charge in [-0.2, -0.15) is 15.0 Å². The van der Waals surface area contributed by atoms with Crippen LogP contribution in [0.1, 0.15) is 24.5 Å². The summed E-state index contributed by atoms with van der Waals surface area (Å²) in [6, 6.07) is 5.81. The van der Waals surface area contributed by atoms with Gasteiger partial charge in [-0.15, -0.1) is 6.42 Å². The van der Waals surface area contributed by atoms with E-state index in [4.69, 9.17) is 18.0 Å². The minimum atomic E-state index is 0.351. The van der Waals surface area contributed by atoms with Crippen LogP contribution in [-0.4, -0.2) is 28.0 Å². The number of terminal acetylenes is 1. The number of nitrogens with one attached hydrogen (secondary N) is 3. The molecule has 0 fully saturated rings.